The molecule has 5 saturated carbocycles. The first-order chi connectivity index (χ1) is 12.4. The summed E-state index contributed by atoms with van der Waals surface area (Å²) in [6, 6.07) is 0. The Balaban J connectivity index is 1.46. The second-order valence-corrected chi connectivity index (χ2v) is 12.2. The zero-order valence-corrected chi connectivity index (χ0v) is 18.2. The Bertz CT molecular complexity index is 544. The summed E-state index contributed by atoms with van der Waals surface area (Å²) in [4.78, 5) is 0. The van der Waals surface area contributed by atoms with E-state index in [1.54, 1.807) is 57.8 Å². The molecule has 0 aromatic heterocycles. The molecule has 0 aromatic carbocycles. The van der Waals surface area contributed by atoms with E-state index in [-0.39, 0.29) is 0 Å². The van der Waals surface area contributed by atoms with Gasteiger partial charge >= 0.3 is 0 Å². The van der Waals surface area contributed by atoms with Crippen LogP contribution in [0.4, 0.5) is 0 Å². The van der Waals surface area contributed by atoms with E-state index in [9.17, 15) is 0 Å². The van der Waals surface area contributed by atoms with E-state index in [1.807, 2.05) is 0 Å². The highest BCUT2D eigenvalue weighted by Gasteiger charge is 2.67. The molecule has 0 aliphatic heterocycles. The average Bonchev–Trinajstić information content (AvgIpc) is 3.27. The second kappa shape index (κ2) is 6.00. The molecule has 0 saturated heterocycles. The van der Waals surface area contributed by atoms with Crippen molar-refractivity contribution in [3.63, 3.8) is 0 Å². The fourth-order valence-corrected chi connectivity index (χ4v) is 10.2. The zero-order chi connectivity index (χ0) is 18.2. The van der Waals surface area contributed by atoms with Gasteiger partial charge in [0.25, 0.3) is 0 Å². The van der Waals surface area contributed by atoms with Gasteiger partial charge in [-0.2, -0.15) is 0 Å². The van der Waals surface area contributed by atoms with Crippen LogP contribution < -0.4 is 0 Å². The highest BCUT2D eigenvalue weighted by molar-refractivity contribution is 5.17. The minimum absolute atomic E-state index is 0.684. The normalized spacial score (nSPS) is 52.8. The molecule has 148 valence electrons. The molecule has 0 bridgehead atoms. The molecular weight excluding hydrogens is 312 g/mol. The fourth-order valence-electron chi connectivity index (χ4n) is 10.2. The minimum atomic E-state index is 0.684. The quantitative estimate of drug-likeness (QED) is 0.482. The Morgan fingerprint density at radius 1 is 0.846 bits per heavy atom. The summed E-state index contributed by atoms with van der Waals surface area (Å²) < 4.78 is 0. The van der Waals surface area contributed by atoms with Gasteiger partial charge < -0.3 is 0 Å². The standard InChI is InChI=1S/C26H44/c1-5-8-18(2)20-10-11-21-19-17-26(15-16-26)23-9-6-7-13-25(23,4)22(19)12-14-24(20,21)3/h18-23H,5-17H2,1-4H3/t18-,19+,20-,21+,22+,23?,24-,25-/m1/s1. The summed E-state index contributed by atoms with van der Waals surface area (Å²) in [5.41, 5.74) is 2.22. The maximum absolute atomic E-state index is 2.78. The Morgan fingerprint density at radius 2 is 1.62 bits per heavy atom. The first kappa shape index (κ1) is 18.1. The van der Waals surface area contributed by atoms with Crippen molar-refractivity contribution in [3.05, 3.63) is 0 Å². The van der Waals surface area contributed by atoms with E-state index in [2.05, 4.69) is 27.7 Å². The van der Waals surface area contributed by atoms with E-state index >= 15 is 0 Å². The largest absolute Gasteiger partial charge is 0.0654 e. The maximum atomic E-state index is 2.78. The second-order valence-electron chi connectivity index (χ2n) is 12.2. The van der Waals surface area contributed by atoms with Crippen LogP contribution in [0, 0.1) is 51.8 Å². The molecule has 0 heterocycles. The van der Waals surface area contributed by atoms with Crippen LogP contribution >= 0.6 is 0 Å². The summed E-state index contributed by atoms with van der Waals surface area (Å²) in [6.45, 7) is 10.5. The summed E-state index contributed by atoms with van der Waals surface area (Å²) in [6.07, 6.45) is 20.2. The third kappa shape index (κ3) is 2.32. The van der Waals surface area contributed by atoms with Crippen LogP contribution in [0.5, 0.6) is 0 Å². The lowest BCUT2D eigenvalue weighted by molar-refractivity contribution is -0.145. The van der Waals surface area contributed by atoms with E-state index in [0.29, 0.717) is 10.8 Å². The summed E-state index contributed by atoms with van der Waals surface area (Å²) in [7, 11) is 0. The molecule has 5 aliphatic carbocycles. The van der Waals surface area contributed by atoms with E-state index in [0.717, 1.165) is 40.9 Å². The monoisotopic (exact) mass is 356 g/mol. The Morgan fingerprint density at radius 3 is 2.35 bits per heavy atom. The molecule has 0 heteroatoms. The SMILES string of the molecule is CCC[C@@H](C)[C@H]1CC[C@H]2[C@@H]3CC4(CC4)C4CCCC[C@]4(C)[C@H]3CC[C@]12C. The molecule has 5 rings (SSSR count). The van der Waals surface area contributed by atoms with Crippen molar-refractivity contribution in [1.82, 2.24) is 0 Å². The van der Waals surface area contributed by atoms with Crippen molar-refractivity contribution in [2.24, 2.45) is 51.8 Å². The molecular formula is C26H44. The highest BCUT2D eigenvalue weighted by atomic mass is 14.7. The van der Waals surface area contributed by atoms with Crippen molar-refractivity contribution < 1.29 is 0 Å². The van der Waals surface area contributed by atoms with Crippen molar-refractivity contribution in [1.29, 1.82) is 0 Å². The molecule has 5 fully saturated rings. The predicted molar refractivity (Wildman–Crippen MR) is 111 cm³/mol. The number of fused-ring (bicyclic) bond motifs is 6. The number of hydrogen-bond acceptors (Lipinski definition) is 0. The van der Waals surface area contributed by atoms with Crippen LogP contribution in [0.2, 0.25) is 0 Å². The Hall–Kier alpha value is 0. The van der Waals surface area contributed by atoms with Gasteiger partial charge in [0.05, 0.1) is 0 Å². The molecule has 8 atom stereocenters. The van der Waals surface area contributed by atoms with Gasteiger partial charge in [-0.3, -0.25) is 0 Å². The lowest BCUT2D eigenvalue weighted by Gasteiger charge is -2.63. The molecule has 26 heavy (non-hydrogen) atoms. The zero-order valence-electron chi connectivity index (χ0n) is 18.2. The predicted octanol–water partition coefficient (Wildman–Crippen LogP) is 7.86. The van der Waals surface area contributed by atoms with Gasteiger partial charge in [0.15, 0.2) is 0 Å². The molecule has 0 radical (unpaired) electrons. The molecule has 5 aliphatic rings. The van der Waals surface area contributed by atoms with Gasteiger partial charge in [0.1, 0.15) is 0 Å². The van der Waals surface area contributed by atoms with Crippen molar-refractivity contribution >= 4 is 0 Å². The van der Waals surface area contributed by atoms with Crippen LogP contribution in [0.1, 0.15) is 111 Å². The first-order valence-corrected chi connectivity index (χ1v) is 12.4. The van der Waals surface area contributed by atoms with E-state index in [4.69, 9.17) is 0 Å². The first-order valence-electron chi connectivity index (χ1n) is 12.4. The average molecular weight is 357 g/mol. The molecule has 0 N–H and O–H groups in total. The maximum Gasteiger partial charge on any atom is -0.0261 e. The lowest BCUT2D eigenvalue weighted by atomic mass is 9.41. The van der Waals surface area contributed by atoms with Crippen molar-refractivity contribution in [2.75, 3.05) is 0 Å². The number of hydrogen-bond donors (Lipinski definition) is 0. The van der Waals surface area contributed by atoms with Crippen LogP contribution in [-0.4, -0.2) is 0 Å². The summed E-state index contributed by atoms with van der Waals surface area (Å²) >= 11 is 0. The van der Waals surface area contributed by atoms with Crippen LogP contribution in [0.15, 0.2) is 0 Å². The summed E-state index contributed by atoms with van der Waals surface area (Å²) in [5, 5.41) is 0. The number of rotatable bonds is 3. The minimum Gasteiger partial charge on any atom is -0.0654 e. The van der Waals surface area contributed by atoms with Gasteiger partial charge in [0.2, 0.25) is 0 Å². The van der Waals surface area contributed by atoms with Gasteiger partial charge in [-0.25, -0.2) is 0 Å². The van der Waals surface area contributed by atoms with E-state index < -0.39 is 0 Å². The highest BCUT2D eigenvalue weighted by Crippen LogP contribution is 2.76. The molecule has 0 aromatic rings. The topological polar surface area (TPSA) is 0 Å². The van der Waals surface area contributed by atoms with E-state index in [1.165, 1.54) is 25.7 Å². The summed E-state index contributed by atoms with van der Waals surface area (Å²) in [5.74, 6) is 6.34. The van der Waals surface area contributed by atoms with Gasteiger partial charge in [-0.15, -0.1) is 0 Å². The van der Waals surface area contributed by atoms with Gasteiger partial charge in [-0.05, 0) is 110 Å². The Kier molecular flexibility index (Phi) is 4.16. The lowest BCUT2D eigenvalue weighted by Crippen LogP contribution is -2.56. The third-order valence-corrected chi connectivity index (χ3v) is 11.3. The van der Waals surface area contributed by atoms with Crippen LogP contribution in [0.25, 0.3) is 0 Å². The molecule has 1 unspecified atom stereocenters. The van der Waals surface area contributed by atoms with Gasteiger partial charge in [0, 0.05) is 0 Å². The fraction of sp³-hybridized carbons (Fsp3) is 1.00. The van der Waals surface area contributed by atoms with Crippen LogP contribution in [0.3, 0.4) is 0 Å². The van der Waals surface area contributed by atoms with Gasteiger partial charge in [-0.1, -0.05) is 53.4 Å². The molecule has 0 amide bonds. The van der Waals surface area contributed by atoms with Crippen LogP contribution in [-0.2, 0) is 0 Å². The molecule has 1 spiro atoms. The third-order valence-electron chi connectivity index (χ3n) is 11.3. The molecule has 0 nitrogen and oxygen atoms in total. The smallest absolute Gasteiger partial charge is 0.0261 e. The Labute approximate surface area is 163 Å². The van der Waals surface area contributed by atoms with Crippen molar-refractivity contribution in [3.8, 4) is 0 Å². The van der Waals surface area contributed by atoms with Crippen molar-refractivity contribution in [2.45, 2.75) is 111 Å².